The molecule has 0 radical (unpaired) electrons. The van der Waals surface area contributed by atoms with Crippen LogP contribution in [-0.2, 0) is 10.0 Å². The van der Waals surface area contributed by atoms with Gasteiger partial charge >= 0.3 is 0 Å². The van der Waals surface area contributed by atoms with Crippen molar-refractivity contribution < 1.29 is 17.2 Å². The van der Waals surface area contributed by atoms with Crippen molar-refractivity contribution in [2.45, 2.75) is 4.90 Å². The molecule has 0 amide bonds. The van der Waals surface area contributed by atoms with Crippen molar-refractivity contribution in [3.8, 4) is 0 Å². The number of anilines is 2. The maximum Gasteiger partial charge on any atom is 0.264 e. The molecule has 1 fully saturated rings. The van der Waals surface area contributed by atoms with Gasteiger partial charge in [-0.2, -0.15) is 0 Å². The molecule has 5 nitrogen and oxygen atoms in total. The Morgan fingerprint density at radius 2 is 1.77 bits per heavy atom. The molecule has 26 heavy (non-hydrogen) atoms. The van der Waals surface area contributed by atoms with Crippen LogP contribution in [0.4, 0.5) is 20.2 Å². The second-order valence-electron chi connectivity index (χ2n) is 6.11. The summed E-state index contributed by atoms with van der Waals surface area (Å²) in [5, 5.41) is 0. The first-order valence-corrected chi connectivity index (χ1v) is 10.3. The zero-order valence-electron chi connectivity index (χ0n) is 14.0. The van der Waals surface area contributed by atoms with Gasteiger partial charge in [-0.3, -0.25) is 4.72 Å². The Hall–Kier alpha value is -1.71. The Kier molecular flexibility index (Phi) is 5.50. The first-order chi connectivity index (χ1) is 12.3. The van der Waals surface area contributed by atoms with Crippen LogP contribution in [0.25, 0.3) is 0 Å². The highest BCUT2D eigenvalue weighted by molar-refractivity contribution is 9.10. The van der Waals surface area contributed by atoms with E-state index in [-0.39, 0.29) is 0 Å². The van der Waals surface area contributed by atoms with Crippen molar-refractivity contribution >= 4 is 37.3 Å². The molecule has 1 heterocycles. The van der Waals surface area contributed by atoms with Gasteiger partial charge in [0.05, 0.1) is 11.4 Å². The third-order valence-electron chi connectivity index (χ3n) is 4.25. The smallest absolute Gasteiger partial charge is 0.264 e. The minimum atomic E-state index is -4.28. The molecular formula is C17H18BrF2N3O2S. The molecule has 140 valence electrons. The zero-order valence-corrected chi connectivity index (χ0v) is 16.4. The van der Waals surface area contributed by atoms with E-state index in [1.165, 1.54) is 0 Å². The molecule has 0 saturated carbocycles. The number of rotatable bonds is 4. The van der Waals surface area contributed by atoms with Crippen molar-refractivity contribution in [2.75, 3.05) is 42.8 Å². The fraction of sp³-hybridized carbons (Fsp3) is 0.294. The van der Waals surface area contributed by atoms with Crippen LogP contribution < -0.4 is 9.62 Å². The van der Waals surface area contributed by atoms with Crippen LogP contribution in [0, 0.1) is 11.6 Å². The van der Waals surface area contributed by atoms with E-state index in [1.54, 1.807) is 12.1 Å². The van der Waals surface area contributed by atoms with Gasteiger partial charge < -0.3 is 9.80 Å². The van der Waals surface area contributed by atoms with Gasteiger partial charge in [-0.1, -0.05) is 22.0 Å². The van der Waals surface area contributed by atoms with Crippen LogP contribution >= 0.6 is 15.9 Å². The predicted molar refractivity (Wildman–Crippen MR) is 101 cm³/mol. The minimum Gasteiger partial charge on any atom is -0.367 e. The average Bonchev–Trinajstić information content (AvgIpc) is 2.58. The fourth-order valence-corrected chi connectivity index (χ4v) is 4.32. The van der Waals surface area contributed by atoms with E-state index in [1.807, 2.05) is 13.1 Å². The van der Waals surface area contributed by atoms with E-state index < -0.39 is 26.6 Å². The van der Waals surface area contributed by atoms with Gasteiger partial charge in [-0.15, -0.1) is 0 Å². The highest BCUT2D eigenvalue weighted by atomic mass is 79.9. The number of benzene rings is 2. The summed E-state index contributed by atoms with van der Waals surface area (Å²) in [5.41, 5.74) is 1.01. The van der Waals surface area contributed by atoms with E-state index in [0.29, 0.717) is 15.8 Å². The third-order valence-corrected chi connectivity index (χ3v) is 6.13. The van der Waals surface area contributed by atoms with Crippen LogP contribution in [0.1, 0.15) is 0 Å². The third kappa shape index (κ3) is 3.99. The molecule has 9 heteroatoms. The van der Waals surface area contributed by atoms with E-state index >= 15 is 0 Å². The average molecular weight is 446 g/mol. The normalized spacial score (nSPS) is 15.9. The molecule has 1 N–H and O–H groups in total. The van der Waals surface area contributed by atoms with E-state index in [9.17, 15) is 17.2 Å². The van der Waals surface area contributed by atoms with Crippen LogP contribution in [0.15, 0.2) is 45.8 Å². The maximum atomic E-state index is 14.0. The van der Waals surface area contributed by atoms with Crippen LogP contribution in [0.5, 0.6) is 0 Å². The van der Waals surface area contributed by atoms with Crippen LogP contribution in [0.3, 0.4) is 0 Å². The Bertz CT molecular complexity index is 916. The molecular weight excluding hydrogens is 428 g/mol. The number of likely N-dealkylation sites (N-methyl/N-ethyl adjacent to an activating group) is 1. The first-order valence-electron chi connectivity index (χ1n) is 7.98. The summed E-state index contributed by atoms with van der Waals surface area (Å²) in [7, 11) is -2.26. The van der Waals surface area contributed by atoms with E-state index in [4.69, 9.17) is 0 Å². The summed E-state index contributed by atoms with van der Waals surface area (Å²) in [4.78, 5) is 3.52. The second kappa shape index (κ2) is 7.50. The van der Waals surface area contributed by atoms with Crippen molar-refractivity contribution in [1.82, 2.24) is 4.90 Å². The topological polar surface area (TPSA) is 52.6 Å². The zero-order chi connectivity index (χ0) is 18.9. The SMILES string of the molecule is CN1CCN(c2ccc(Br)cc2NS(=O)(=O)c2cccc(F)c2F)CC1. The number of hydrogen-bond donors (Lipinski definition) is 1. The van der Waals surface area contributed by atoms with E-state index in [0.717, 1.165) is 44.4 Å². The molecule has 1 aliphatic rings. The van der Waals surface area contributed by atoms with Crippen molar-refractivity contribution in [2.24, 2.45) is 0 Å². The Morgan fingerprint density at radius 3 is 2.46 bits per heavy atom. The minimum absolute atomic E-state index is 0.313. The Labute approximate surface area is 159 Å². The predicted octanol–water partition coefficient (Wildman–Crippen LogP) is 3.28. The van der Waals surface area contributed by atoms with Crippen LogP contribution in [-0.4, -0.2) is 46.5 Å². The van der Waals surface area contributed by atoms with Gasteiger partial charge in [0.2, 0.25) is 0 Å². The summed E-state index contributed by atoms with van der Waals surface area (Å²) in [6.07, 6.45) is 0. The van der Waals surface area contributed by atoms with Gasteiger partial charge in [0.1, 0.15) is 4.90 Å². The first kappa shape index (κ1) is 19.1. The molecule has 1 saturated heterocycles. The van der Waals surface area contributed by atoms with E-state index in [2.05, 4.69) is 30.5 Å². The molecule has 0 unspecified atom stereocenters. The summed E-state index contributed by atoms with van der Waals surface area (Å²) in [6.45, 7) is 3.17. The molecule has 3 rings (SSSR count). The molecule has 0 atom stereocenters. The second-order valence-corrected chi connectivity index (χ2v) is 8.68. The molecule has 0 bridgehead atoms. The van der Waals surface area contributed by atoms with Gasteiger partial charge in [0.25, 0.3) is 10.0 Å². The lowest BCUT2D eigenvalue weighted by molar-refractivity contribution is 0.313. The van der Waals surface area contributed by atoms with Crippen molar-refractivity contribution in [1.29, 1.82) is 0 Å². The van der Waals surface area contributed by atoms with Gasteiger partial charge in [-0.05, 0) is 37.4 Å². The number of nitrogens with one attached hydrogen (secondary N) is 1. The molecule has 0 aromatic heterocycles. The number of nitrogens with zero attached hydrogens (tertiary/aromatic N) is 2. The largest absolute Gasteiger partial charge is 0.367 e. The monoisotopic (exact) mass is 445 g/mol. The quantitative estimate of drug-likeness (QED) is 0.784. The molecule has 0 spiro atoms. The lowest BCUT2D eigenvalue weighted by Gasteiger charge is -2.35. The van der Waals surface area contributed by atoms with Crippen molar-refractivity contribution in [3.05, 3.63) is 52.5 Å². The highest BCUT2D eigenvalue weighted by Crippen LogP contribution is 2.32. The standard InChI is InChI=1S/C17H18BrF2N3O2S/c1-22-7-9-23(10-8-22)15-6-5-12(18)11-14(15)21-26(24,25)16-4-2-3-13(19)17(16)20/h2-6,11,21H,7-10H2,1H3. The lowest BCUT2D eigenvalue weighted by Crippen LogP contribution is -2.44. The summed E-state index contributed by atoms with van der Waals surface area (Å²) >= 11 is 3.32. The highest BCUT2D eigenvalue weighted by Gasteiger charge is 2.24. The number of piperazine rings is 1. The van der Waals surface area contributed by atoms with Gasteiger partial charge in [0, 0.05) is 30.7 Å². The summed E-state index contributed by atoms with van der Waals surface area (Å²) in [6, 6.07) is 8.30. The fourth-order valence-electron chi connectivity index (χ4n) is 2.80. The molecule has 0 aliphatic carbocycles. The lowest BCUT2D eigenvalue weighted by atomic mass is 10.2. The molecule has 2 aromatic carbocycles. The molecule has 1 aliphatic heterocycles. The molecule has 2 aromatic rings. The van der Waals surface area contributed by atoms with Crippen molar-refractivity contribution in [3.63, 3.8) is 0 Å². The van der Waals surface area contributed by atoms with Gasteiger partial charge in [-0.25, -0.2) is 17.2 Å². The Morgan fingerprint density at radius 1 is 1.08 bits per heavy atom. The maximum absolute atomic E-state index is 14.0. The van der Waals surface area contributed by atoms with Gasteiger partial charge in [0.15, 0.2) is 11.6 Å². The summed E-state index contributed by atoms with van der Waals surface area (Å²) in [5.74, 6) is -2.60. The number of halogens is 3. The summed E-state index contributed by atoms with van der Waals surface area (Å²) < 4.78 is 55.7. The number of sulfonamides is 1. The van der Waals surface area contributed by atoms with Crippen LogP contribution in [0.2, 0.25) is 0 Å². The Balaban J connectivity index is 1.96. The number of hydrogen-bond acceptors (Lipinski definition) is 4.